The Morgan fingerprint density at radius 2 is 1.76 bits per heavy atom. The Bertz CT molecular complexity index is 850. The Balaban J connectivity index is 2.34. The van der Waals surface area contributed by atoms with E-state index in [4.69, 9.17) is 9.47 Å². The number of hydrogen-bond donors (Lipinski definition) is 1. The summed E-state index contributed by atoms with van der Waals surface area (Å²) in [6.45, 7) is 3.92. The smallest absolute Gasteiger partial charge is 0.338 e. The van der Waals surface area contributed by atoms with Crippen molar-refractivity contribution in [1.29, 1.82) is 0 Å². The van der Waals surface area contributed by atoms with E-state index in [1.807, 2.05) is 0 Å². The SMILES string of the molecule is CCOC(=O)c1ccc(NS(=O)(=O)c2ccc(F)cc2)c(OCC)c1. The zero-order chi connectivity index (χ0) is 18.4. The first-order chi connectivity index (χ1) is 11.9. The van der Waals surface area contributed by atoms with Gasteiger partial charge in [-0.3, -0.25) is 4.72 Å². The third kappa shape index (κ3) is 4.69. The van der Waals surface area contributed by atoms with Crippen molar-refractivity contribution in [2.45, 2.75) is 18.7 Å². The van der Waals surface area contributed by atoms with E-state index in [-0.39, 0.29) is 35.1 Å². The van der Waals surface area contributed by atoms with E-state index in [0.29, 0.717) is 0 Å². The number of benzene rings is 2. The molecule has 0 bridgehead atoms. The number of carbonyl (C=O) groups is 1. The van der Waals surface area contributed by atoms with Crippen LogP contribution in [0, 0.1) is 5.82 Å². The van der Waals surface area contributed by atoms with Crippen LogP contribution < -0.4 is 9.46 Å². The molecule has 0 aliphatic heterocycles. The molecule has 0 aliphatic rings. The fourth-order valence-electron chi connectivity index (χ4n) is 2.04. The van der Waals surface area contributed by atoms with Crippen LogP contribution in [-0.4, -0.2) is 27.6 Å². The molecule has 0 heterocycles. The summed E-state index contributed by atoms with van der Waals surface area (Å²) in [4.78, 5) is 11.7. The summed E-state index contributed by atoms with van der Waals surface area (Å²) in [5, 5.41) is 0. The summed E-state index contributed by atoms with van der Waals surface area (Å²) in [7, 11) is -3.93. The van der Waals surface area contributed by atoms with Gasteiger partial charge in [-0.1, -0.05) is 0 Å². The average Bonchev–Trinajstić information content (AvgIpc) is 2.57. The second-order valence-electron chi connectivity index (χ2n) is 4.92. The number of nitrogens with one attached hydrogen (secondary N) is 1. The first kappa shape index (κ1) is 18.7. The lowest BCUT2D eigenvalue weighted by Gasteiger charge is -2.14. The topological polar surface area (TPSA) is 81.7 Å². The van der Waals surface area contributed by atoms with Crippen LogP contribution in [-0.2, 0) is 14.8 Å². The summed E-state index contributed by atoms with van der Waals surface area (Å²) in [5.41, 5.74) is 0.411. The van der Waals surface area contributed by atoms with Crippen molar-refractivity contribution < 1.29 is 27.1 Å². The Morgan fingerprint density at radius 1 is 1.08 bits per heavy atom. The van der Waals surface area contributed by atoms with Crippen molar-refractivity contribution in [2.24, 2.45) is 0 Å². The Labute approximate surface area is 145 Å². The number of esters is 1. The van der Waals surface area contributed by atoms with E-state index in [1.54, 1.807) is 13.8 Å². The number of halogens is 1. The first-order valence-corrected chi connectivity index (χ1v) is 9.08. The first-order valence-electron chi connectivity index (χ1n) is 7.59. The molecule has 134 valence electrons. The molecule has 0 radical (unpaired) electrons. The van der Waals surface area contributed by atoms with Gasteiger partial charge in [0.25, 0.3) is 10.0 Å². The van der Waals surface area contributed by atoms with Crippen LogP contribution in [0.15, 0.2) is 47.4 Å². The second-order valence-corrected chi connectivity index (χ2v) is 6.61. The number of anilines is 1. The summed E-state index contributed by atoms with van der Waals surface area (Å²) in [5.74, 6) is -0.872. The molecule has 2 aromatic carbocycles. The number of hydrogen-bond acceptors (Lipinski definition) is 5. The largest absolute Gasteiger partial charge is 0.492 e. The van der Waals surface area contributed by atoms with Gasteiger partial charge in [-0.05, 0) is 56.3 Å². The minimum Gasteiger partial charge on any atom is -0.492 e. The highest BCUT2D eigenvalue weighted by molar-refractivity contribution is 7.92. The quantitative estimate of drug-likeness (QED) is 0.760. The van der Waals surface area contributed by atoms with Crippen LogP contribution in [0.4, 0.5) is 10.1 Å². The zero-order valence-electron chi connectivity index (χ0n) is 13.8. The van der Waals surface area contributed by atoms with Crippen LogP contribution in [0.5, 0.6) is 5.75 Å². The molecule has 2 rings (SSSR count). The fourth-order valence-corrected chi connectivity index (χ4v) is 3.11. The fraction of sp³-hybridized carbons (Fsp3) is 0.235. The molecule has 25 heavy (non-hydrogen) atoms. The predicted molar refractivity (Wildman–Crippen MR) is 90.8 cm³/mol. The van der Waals surface area contributed by atoms with E-state index in [9.17, 15) is 17.6 Å². The highest BCUT2D eigenvalue weighted by atomic mass is 32.2. The number of ether oxygens (including phenoxy) is 2. The van der Waals surface area contributed by atoms with Crippen LogP contribution in [0.3, 0.4) is 0 Å². The standard InChI is InChI=1S/C17H18FNO5S/c1-3-23-16-11-12(17(20)24-4-2)5-10-15(16)19-25(21,22)14-8-6-13(18)7-9-14/h5-11,19H,3-4H2,1-2H3. The van der Waals surface area contributed by atoms with E-state index in [0.717, 1.165) is 24.3 Å². The van der Waals surface area contributed by atoms with Crippen molar-refractivity contribution in [3.63, 3.8) is 0 Å². The molecule has 0 unspecified atom stereocenters. The minimum absolute atomic E-state index is 0.0918. The van der Waals surface area contributed by atoms with Gasteiger partial charge < -0.3 is 9.47 Å². The maximum Gasteiger partial charge on any atom is 0.338 e. The lowest BCUT2D eigenvalue weighted by Crippen LogP contribution is -2.14. The predicted octanol–water partition coefficient (Wildman–Crippen LogP) is 3.20. The van der Waals surface area contributed by atoms with Crippen LogP contribution >= 0.6 is 0 Å². The molecule has 0 atom stereocenters. The molecule has 0 saturated carbocycles. The van der Waals surface area contributed by atoms with Gasteiger partial charge >= 0.3 is 5.97 Å². The van der Waals surface area contributed by atoms with Crippen LogP contribution in [0.2, 0.25) is 0 Å². The molecule has 0 aromatic heterocycles. The van der Waals surface area contributed by atoms with E-state index in [2.05, 4.69) is 4.72 Å². The summed E-state index contributed by atoms with van der Waals surface area (Å²) >= 11 is 0. The number of rotatable bonds is 7. The normalized spacial score (nSPS) is 11.0. The van der Waals surface area contributed by atoms with Gasteiger partial charge in [0.1, 0.15) is 11.6 Å². The lowest BCUT2D eigenvalue weighted by molar-refractivity contribution is 0.0526. The molecule has 0 spiro atoms. The highest BCUT2D eigenvalue weighted by Crippen LogP contribution is 2.29. The van der Waals surface area contributed by atoms with Crippen molar-refractivity contribution in [3.8, 4) is 5.75 Å². The maximum atomic E-state index is 13.0. The zero-order valence-corrected chi connectivity index (χ0v) is 14.6. The second kappa shape index (κ2) is 7.98. The Hall–Kier alpha value is -2.61. The van der Waals surface area contributed by atoms with Gasteiger partial charge in [-0.2, -0.15) is 0 Å². The van der Waals surface area contributed by atoms with Gasteiger partial charge in [0.2, 0.25) is 0 Å². The number of sulfonamides is 1. The van der Waals surface area contributed by atoms with Gasteiger partial charge in [-0.15, -0.1) is 0 Å². The minimum atomic E-state index is -3.93. The van der Waals surface area contributed by atoms with Crippen molar-refractivity contribution in [2.75, 3.05) is 17.9 Å². The maximum absolute atomic E-state index is 13.0. The number of carbonyl (C=O) groups excluding carboxylic acids is 1. The summed E-state index contributed by atoms with van der Waals surface area (Å²) in [6, 6.07) is 8.69. The lowest BCUT2D eigenvalue weighted by atomic mass is 10.2. The Morgan fingerprint density at radius 3 is 2.36 bits per heavy atom. The summed E-state index contributed by atoms with van der Waals surface area (Å²) < 4.78 is 50.5. The third-order valence-electron chi connectivity index (χ3n) is 3.16. The van der Waals surface area contributed by atoms with Crippen molar-refractivity contribution in [3.05, 3.63) is 53.8 Å². The van der Waals surface area contributed by atoms with Crippen molar-refractivity contribution in [1.82, 2.24) is 0 Å². The van der Waals surface area contributed by atoms with Crippen LogP contribution in [0.25, 0.3) is 0 Å². The molecule has 6 nitrogen and oxygen atoms in total. The molecule has 0 saturated heterocycles. The molecule has 8 heteroatoms. The van der Waals surface area contributed by atoms with Crippen LogP contribution in [0.1, 0.15) is 24.2 Å². The monoisotopic (exact) mass is 367 g/mol. The van der Waals surface area contributed by atoms with Gasteiger partial charge in [0, 0.05) is 0 Å². The molecular formula is C17H18FNO5S. The summed E-state index contributed by atoms with van der Waals surface area (Å²) in [6.07, 6.45) is 0. The van der Waals surface area contributed by atoms with E-state index >= 15 is 0 Å². The van der Waals surface area contributed by atoms with Crippen molar-refractivity contribution >= 4 is 21.7 Å². The van der Waals surface area contributed by atoms with Gasteiger partial charge in [0.15, 0.2) is 0 Å². The molecular weight excluding hydrogens is 349 g/mol. The van der Waals surface area contributed by atoms with Gasteiger partial charge in [-0.25, -0.2) is 17.6 Å². The highest BCUT2D eigenvalue weighted by Gasteiger charge is 2.18. The Kier molecular flexibility index (Phi) is 5.97. The third-order valence-corrected chi connectivity index (χ3v) is 4.54. The van der Waals surface area contributed by atoms with Gasteiger partial charge in [0.05, 0.1) is 29.4 Å². The molecule has 1 N–H and O–H groups in total. The average molecular weight is 367 g/mol. The van der Waals surface area contributed by atoms with E-state index < -0.39 is 21.8 Å². The molecule has 2 aromatic rings. The molecule has 0 amide bonds. The van der Waals surface area contributed by atoms with E-state index in [1.165, 1.54) is 18.2 Å². The molecule has 0 aliphatic carbocycles. The molecule has 0 fully saturated rings.